The van der Waals surface area contributed by atoms with Gasteiger partial charge in [0.05, 0.1) is 20.8 Å². The molecule has 0 radical (unpaired) electrons. The molecule has 1 amide bonds. The van der Waals surface area contributed by atoms with Gasteiger partial charge in [0.1, 0.15) is 16.1 Å². The molecule has 0 N–H and O–H groups in total. The number of alkyl halides is 2. The van der Waals surface area contributed by atoms with Gasteiger partial charge in [0, 0.05) is 25.6 Å². The fourth-order valence-corrected chi connectivity index (χ4v) is 4.79. The van der Waals surface area contributed by atoms with Crippen molar-refractivity contribution in [1.82, 2.24) is 4.90 Å². The van der Waals surface area contributed by atoms with Crippen LogP contribution in [0.1, 0.15) is 35.6 Å². The maximum atomic E-state index is 13.3. The highest BCUT2D eigenvalue weighted by Gasteiger charge is 2.27. The summed E-state index contributed by atoms with van der Waals surface area (Å²) in [6.07, 6.45) is 2.54. The summed E-state index contributed by atoms with van der Waals surface area (Å²) in [7, 11) is 4.60. The molecule has 1 atom stereocenters. The number of ether oxygens (including phenoxy) is 5. The van der Waals surface area contributed by atoms with Gasteiger partial charge < -0.3 is 33.8 Å². The first-order chi connectivity index (χ1) is 20.1. The second-order valence-corrected chi connectivity index (χ2v) is 10.6. The third-order valence-electron chi connectivity index (χ3n) is 6.60. The van der Waals surface area contributed by atoms with Crippen molar-refractivity contribution in [2.45, 2.75) is 38.5 Å². The lowest BCUT2D eigenvalue weighted by Crippen LogP contribution is -2.29. The van der Waals surface area contributed by atoms with Crippen LogP contribution in [0.4, 0.5) is 13.6 Å². The molecule has 3 aromatic rings. The van der Waals surface area contributed by atoms with Gasteiger partial charge in [-0.15, -0.1) is 0 Å². The Morgan fingerprint density at radius 1 is 1.02 bits per heavy atom. The number of amides is 1. The minimum Gasteiger partial charge on any atom is -0.619 e. The summed E-state index contributed by atoms with van der Waals surface area (Å²) >= 11 is 12.7. The third kappa shape index (κ3) is 8.19. The first kappa shape index (κ1) is 31.2. The number of pyridine rings is 1. The van der Waals surface area contributed by atoms with Crippen LogP contribution in [0.5, 0.6) is 23.0 Å². The molecule has 0 spiro atoms. The predicted octanol–water partition coefficient (Wildman–Crippen LogP) is 6.59. The Balaban J connectivity index is 1.62. The highest BCUT2D eigenvalue weighted by molar-refractivity contribution is 6.35. The lowest BCUT2D eigenvalue weighted by molar-refractivity contribution is -0.605. The van der Waals surface area contributed by atoms with Crippen LogP contribution in [0.2, 0.25) is 10.0 Å². The van der Waals surface area contributed by atoms with E-state index in [2.05, 4.69) is 4.74 Å². The van der Waals surface area contributed by atoms with E-state index >= 15 is 0 Å². The molecule has 226 valence electrons. The van der Waals surface area contributed by atoms with E-state index in [0.29, 0.717) is 39.9 Å². The minimum atomic E-state index is -3.06. The Bertz CT molecular complexity index is 1390. The van der Waals surface area contributed by atoms with Crippen LogP contribution in [-0.4, -0.2) is 45.5 Å². The van der Waals surface area contributed by atoms with Gasteiger partial charge in [0.25, 0.3) is 0 Å². The quantitative estimate of drug-likeness (QED) is 0.156. The summed E-state index contributed by atoms with van der Waals surface area (Å²) in [5, 5.41) is 11.9. The number of aromatic nitrogens is 1. The summed E-state index contributed by atoms with van der Waals surface area (Å²) in [5.74, 6) is 1.33. The number of hydrogen-bond donors (Lipinski definition) is 0. The number of nitrogens with zero attached hydrogens (tertiary/aromatic N) is 2. The number of methoxy groups -OCH3 is 2. The number of rotatable bonds is 13. The highest BCUT2D eigenvalue weighted by Crippen LogP contribution is 2.38. The van der Waals surface area contributed by atoms with Gasteiger partial charge in [-0.05, 0) is 54.2 Å². The molecule has 1 aliphatic rings. The lowest BCUT2D eigenvalue weighted by atomic mass is 10.0. The zero-order valence-electron chi connectivity index (χ0n) is 23.2. The Hall–Kier alpha value is -3.70. The third-order valence-corrected chi connectivity index (χ3v) is 7.25. The number of halogens is 4. The van der Waals surface area contributed by atoms with Gasteiger partial charge in [-0.25, -0.2) is 4.79 Å². The molecular formula is C29H30Cl2F2N2O7. The van der Waals surface area contributed by atoms with Gasteiger partial charge in [0.2, 0.25) is 0 Å². The van der Waals surface area contributed by atoms with E-state index in [1.807, 2.05) is 0 Å². The first-order valence-electron chi connectivity index (χ1n) is 13.0. The second-order valence-electron chi connectivity index (χ2n) is 9.75. The molecule has 2 aromatic carbocycles. The summed E-state index contributed by atoms with van der Waals surface area (Å²) in [4.78, 5) is 14.7. The van der Waals surface area contributed by atoms with Crippen molar-refractivity contribution >= 4 is 29.3 Å². The normalized spacial score (nSPS) is 13.4. The van der Waals surface area contributed by atoms with E-state index in [1.54, 1.807) is 25.2 Å². The van der Waals surface area contributed by atoms with E-state index in [1.165, 1.54) is 37.3 Å². The number of carbonyl (C=O) groups is 1. The molecule has 1 saturated carbocycles. The van der Waals surface area contributed by atoms with Crippen molar-refractivity contribution in [2.24, 2.45) is 5.92 Å². The largest absolute Gasteiger partial charge is 0.619 e. The van der Waals surface area contributed by atoms with Gasteiger partial charge in [0.15, 0.2) is 35.4 Å². The van der Waals surface area contributed by atoms with Crippen LogP contribution in [-0.2, 0) is 17.7 Å². The monoisotopic (exact) mass is 626 g/mol. The average Bonchev–Trinajstić information content (AvgIpc) is 3.78. The van der Waals surface area contributed by atoms with E-state index in [9.17, 15) is 18.8 Å². The number of carbonyl (C=O) groups excluding carboxylic acids is 1. The van der Waals surface area contributed by atoms with Crippen LogP contribution in [0.15, 0.2) is 48.8 Å². The summed E-state index contributed by atoms with van der Waals surface area (Å²) in [5.41, 5.74) is 1.53. The lowest BCUT2D eigenvalue weighted by Gasteiger charge is -2.25. The van der Waals surface area contributed by atoms with Crippen molar-refractivity contribution < 1.29 is 42.0 Å². The molecule has 1 unspecified atom stereocenters. The molecule has 9 nitrogen and oxygen atoms in total. The molecule has 13 heteroatoms. The molecule has 4 rings (SSSR count). The maximum Gasteiger partial charge on any atom is 0.410 e. The second kappa shape index (κ2) is 14.0. The first-order valence-corrected chi connectivity index (χ1v) is 13.7. The number of benzene rings is 2. The van der Waals surface area contributed by atoms with Gasteiger partial charge >= 0.3 is 12.7 Å². The molecular weight excluding hydrogens is 597 g/mol. The standard InChI is InChI=1S/C29H30Cl2F2N2O7/c1-34(13-18-6-8-23(38-2)26(10-18)39-3)29(36)42-25(12-20-21(30)14-35(37)15-22(20)31)19-7-9-24(41-28(32)33)27(11-19)40-16-17-4-5-17/h6-11,14-15,17,25,28H,4-5,12-13,16H2,1-3H3. The van der Waals surface area contributed by atoms with Crippen LogP contribution in [0.3, 0.4) is 0 Å². The summed E-state index contributed by atoms with van der Waals surface area (Å²) in [6, 6.07) is 9.57. The van der Waals surface area contributed by atoms with E-state index in [4.69, 9.17) is 42.1 Å². The molecule has 1 fully saturated rings. The highest BCUT2D eigenvalue weighted by atomic mass is 35.5. The van der Waals surface area contributed by atoms with E-state index in [-0.39, 0.29) is 34.5 Å². The van der Waals surface area contributed by atoms with Crippen molar-refractivity contribution in [3.63, 3.8) is 0 Å². The molecule has 0 saturated heterocycles. The zero-order chi connectivity index (χ0) is 30.4. The van der Waals surface area contributed by atoms with Crippen LogP contribution >= 0.6 is 23.2 Å². The smallest absolute Gasteiger partial charge is 0.410 e. The fourth-order valence-electron chi connectivity index (χ4n) is 4.19. The van der Waals surface area contributed by atoms with Gasteiger partial charge in [-0.1, -0.05) is 35.3 Å². The Kier molecular flexibility index (Phi) is 10.4. The fraction of sp³-hybridized carbons (Fsp3) is 0.379. The molecule has 1 aliphatic carbocycles. The minimum absolute atomic E-state index is 0.0223. The van der Waals surface area contributed by atoms with Crippen molar-refractivity contribution in [3.05, 3.63) is 80.7 Å². The van der Waals surface area contributed by atoms with Gasteiger partial charge in [-0.2, -0.15) is 13.5 Å². The molecule has 0 aliphatic heterocycles. The molecule has 0 bridgehead atoms. The Labute approximate surface area is 252 Å². The Morgan fingerprint density at radius 3 is 2.31 bits per heavy atom. The van der Waals surface area contributed by atoms with Crippen molar-refractivity contribution in [3.8, 4) is 23.0 Å². The predicted molar refractivity (Wildman–Crippen MR) is 151 cm³/mol. The van der Waals surface area contributed by atoms with Gasteiger partial charge in [-0.3, -0.25) is 0 Å². The van der Waals surface area contributed by atoms with Crippen molar-refractivity contribution in [2.75, 3.05) is 27.9 Å². The van der Waals surface area contributed by atoms with Crippen LogP contribution < -0.4 is 23.7 Å². The Morgan fingerprint density at radius 2 is 1.69 bits per heavy atom. The topological polar surface area (TPSA) is 93.4 Å². The van der Waals surface area contributed by atoms with Crippen LogP contribution in [0.25, 0.3) is 0 Å². The SMILES string of the molecule is COc1ccc(CN(C)C(=O)OC(Cc2c(Cl)c[n+]([O-])cc2Cl)c2ccc(OC(F)F)c(OCC3CC3)c2)cc1OC. The molecule has 1 heterocycles. The van der Waals surface area contributed by atoms with E-state index in [0.717, 1.165) is 30.8 Å². The number of hydrogen-bond acceptors (Lipinski definition) is 7. The summed E-state index contributed by atoms with van der Waals surface area (Å²) in [6.45, 7) is -2.55. The average molecular weight is 627 g/mol. The summed E-state index contributed by atoms with van der Waals surface area (Å²) < 4.78 is 53.6. The van der Waals surface area contributed by atoms with E-state index < -0.39 is 18.8 Å². The van der Waals surface area contributed by atoms with Crippen LogP contribution in [0, 0.1) is 11.1 Å². The molecule has 42 heavy (non-hydrogen) atoms. The maximum absolute atomic E-state index is 13.3. The van der Waals surface area contributed by atoms with Crippen molar-refractivity contribution in [1.29, 1.82) is 0 Å². The molecule has 1 aromatic heterocycles. The zero-order valence-corrected chi connectivity index (χ0v) is 24.7.